The molecule has 108 valence electrons. The Kier molecular flexibility index (Phi) is 4.78. The first-order valence-corrected chi connectivity index (χ1v) is 7.36. The van der Waals surface area contributed by atoms with E-state index in [2.05, 4.69) is 10.3 Å². The summed E-state index contributed by atoms with van der Waals surface area (Å²) in [5, 5.41) is 23.3. The molecule has 1 aromatic heterocycles. The zero-order valence-corrected chi connectivity index (χ0v) is 11.6. The van der Waals surface area contributed by atoms with Crippen molar-refractivity contribution in [1.29, 1.82) is 0 Å². The normalized spacial score (nSPS) is 18.5. The molecule has 7 nitrogen and oxygen atoms in total. The summed E-state index contributed by atoms with van der Waals surface area (Å²) in [5.41, 5.74) is -0.834. The van der Waals surface area contributed by atoms with E-state index in [4.69, 9.17) is 5.11 Å². The quantitative estimate of drug-likeness (QED) is 0.635. The Bertz CT molecular complexity index is 517. The second-order valence-electron chi connectivity index (χ2n) is 4.52. The first-order chi connectivity index (χ1) is 9.58. The molecule has 0 bridgehead atoms. The van der Waals surface area contributed by atoms with Crippen LogP contribution >= 0.6 is 11.8 Å². The smallest absolute Gasteiger partial charge is 0.342 e. The van der Waals surface area contributed by atoms with Crippen LogP contribution in [0.3, 0.4) is 0 Å². The van der Waals surface area contributed by atoms with Crippen LogP contribution in [-0.2, 0) is 0 Å². The number of rotatable bonds is 5. The standard InChI is InChI=1S/C12H15N3O4S/c16-12(17)9-5-11(14-7-10(9)15(18)19)13-6-8-3-1-2-4-20-8/h5,7-8H,1-4,6H2,(H,13,14)(H,16,17). The molecule has 0 radical (unpaired) electrons. The number of hydrogen-bond acceptors (Lipinski definition) is 6. The van der Waals surface area contributed by atoms with E-state index >= 15 is 0 Å². The predicted molar refractivity (Wildman–Crippen MR) is 76.4 cm³/mol. The Balaban J connectivity index is 2.06. The summed E-state index contributed by atoms with van der Waals surface area (Å²) in [4.78, 5) is 24.9. The molecule has 2 N–H and O–H groups in total. The summed E-state index contributed by atoms with van der Waals surface area (Å²) in [7, 11) is 0. The predicted octanol–water partition coefficient (Wildman–Crippen LogP) is 2.39. The number of aromatic carboxylic acids is 1. The number of carboxylic acid groups (broad SMARTS) is 1. The molecule has 0 amide bonds. The minimum absolute atomic E-state index is 0.344. The molecule has 2 heterocycles. The Morgan fingerprint density at radius 1 is 1.60 bits per heavy atom. The Morgan fingerprint density at radius 3 is 3.00 bits per heavy atom. The largest absolute Gasteiger partial charge is 0.477 e. The highest BCUT2D eigenvalue weighted by molar-refractivity contribution is 7.99. The number of carboxylic acids is 1. The highest BCUT2D eigenvalue weighted by Crippen LogP contribution is 2.26. The van der Waals surface area contributed by atoms with Crippen molar-refractivity contribution in [3.63, 3.8) is 0 Å². The summed E-state index contributed by atoms with van der Waals surface area (Å²) in [6.45, 7) is 0.689. The van der Waals surface area contributed by atoms with E-state index in [0.29, 0.717) is 17.6 Å². The summed E-state index contributed by atoms with van der Waals surface area (Å²) in [6.07, 6.45) is 4.55. The lowest BCUT2D eigenvalue weighted by Gasteiger charge is -2.21. The van der Waals surface area contributed by atoms with Crippen LogP contribution in [0, 0.1) is 10.1 Å². The van der Waals surface area contributed by atoms with Gasteiger partial charge in [0.1, 0.15) is 17.6 Å². The van der Waals surface area contributed by atoms with Crippen molar-refractivity contribution in [2.45, 2.75) is 24.5 Å². The number of nitrogens with zero attached hydrogens (tertiary/aromatic N) is 2. The van der Waals surface area contributed by atoms with Gasteiger partial charge < -0.3 is 10.4 Å². The Hall–Kier alpha value is -1.83. The van der Waals surface area contributed by atoms with Gasteiger partial charge in [-0.25, -0.2) is 9.78 Å². The molecule has 0 spiro atoms. The number of nitrogens with one attached hydrogen (secondary N) is 1. The second kappa shape index (κ2) is 6.56. The molecule has 1 aliphatic heterocycles. The van der Waals surface area contributed by atoms with Crippen molar-refractivity contribution >= 4 is 29.2 Å². The van der Waals surface area contributed by atoms with Gasteiger partial charge in [-0.1, -0.05) is 6.42 Å². The van der Waals surface area contributed by atoms with Crippen molar-refractivity contribution in [1.82, 2.24) is 4.98 Å². The van der Waals surface area contributed by atoms with Crippen LogP contribution in [0.2, 0.25) is 0 Å². The monoisotopic (exact) mass is 297 g/mol. The van der Waals surface area contributed by atoms with Gasteiger partial charge in [0.05, 0.1) is 4.92 Å². The number of pyridine rings is 1. The number of anilines is 1. The lowest BCUT2D eigenvalue weighted by atomic mass is 10.2. The fraction of sp³-hybridized carbons (Fsp3) is 0.500. The fourth-order valence-corrected chi connectivity index (χ4v) is 3.29. The first-order valence-electron chi connectivity index (χ1n) is 6.31. The highest BCUT2D eigenvalue weighted by Gasteiger charge is 2.21. The zero-order valence-electron chi connectivity index (χ0n) is 10.7. The Labute approximate surface area is 119 Å². The lowest BCUT2D eigenvalue weighted by Crippen LogP contribution is -2.20. The van der Waals surface area contributed by atoms with E-state index in [1.807, 2.05) is 11.8 Å². The second-order valence-corrected chi connectivity index (χ2v) is 5.93. The van der Waals surface area contributed by atoms with Gasteiger partial charge in [0.15, 0.2) is 0 Å². The van der Waals surface area contributed by atoms with Gasteiger partial charge in [-0.2, -0.15) is 11.8 Å². The number of hydrogen-bond donors (Lipinski definition) is 2. The lowest BCUT2D eigenvalue weighted by molar-refractivity contribution is -0.385. The van der Waals surface area contributed by atoms with Crippen LogP contribution in [0.15, 0.2) is 12.3 Å². The number of aromatic nitrogens is 1. The van der Waals surface area contributed by atoms with Gasteiger partial charge in [-0.05, 0) is 18.6 Å². The van der Waals surface area contributed by atoms with Gasteiger partial charge in [0.25, 0.3) is 0 Å². The average Bonchev–Trinajstić information content (AvgIpc) is 2.45. The highest BCUT2D eigenvalue weighted by atomic mass is 32.2. The zero-order chi connectivity index (χ0) is 14.5. The maximum absolute atomic E-state index is 11.0. The fourth-order valence-electron chi connectivity index (χ4n) is 2.05. The van der Waals surface area contributed by atoms with Crippen LogP contribution in [-0.4, -0.2) is 38.5 Å². The molecule has 1 atom stereocenters. The molecule has 1 aromatic rings. The van der Waals surface area contributed by atoms with E-state index < -0.39 is 16.6 Å². The van der Waals surface area contributed by atoms with Crippen molar-refractivity contribution in [3.8, 4) is 0 Å². The van der Waals surface area contributed by atoms with Gasteiger partial charge >= 0.3 is 11.7 Å². The molecule has 1 aliphatic rings. The third-order valence-electron chi connectivity index (χ3n) is 3.09. The van der Waals surface area contributed by atoms with E-state index in [1.165, 1.54) is 18.9 Å². The van der Waals surface area contributed by atoms with Gasteiger partial charge in [0, 0.05) is 17.9 Å². The van der Waals surface area contributed by atoms with E-state index in [0.717, 1.165) is 18.4 Å². The van der Waals surface area contributed by atoms with Crippen LogP contribution < -0.4 is 5.32 Å². The van der Waals surface area contributed by atoms with Crippen LogP contribution in [0.5, 0.6) is 0 Å². The molecule has 8 heteroatoms. The molecule has 2 rings (SSSR count). The van der Waals surface area contributed by atoms with Gasteiger partial charge in [-0.3, -0.25) is 10.1 Å². The number of thioether (sulfide) groups is 1. The van der Waals surface area contributed by atoms with E-state index in [-0.39, 0.29) is 5.56 Å². The van der Waals surface area contributed by atoms with E-state index in [9.17, 15) is 14.9 Å². The SMILES string of the molecule is O=C(O)c1cc(NCC2CCCCS2)ncc1[N+](=O)[O-]. The van der Waals surface area contributed by atoms with Crippen molar-refractivity contribution in [2.75, 3.05) is 17.6 Å². The summed E-state index contributed by atoms with van der Waals surface area (Å²) >= 11 is 1.89. The van der Waals surface area contributed by atoms with Crippen LogP contribution in [0.25, 0.3) is 0 Å². The molecule has 1 saturated heterocycles. The van der Waals surface area contributed by atoms with Gasteiger partial charge in [-0.15, -0.1) is 0 Å². The summed E-state index contributed by atoms with van der Waals surface area (Å²) in [5.74, 6) is 0.175. The van der Waals surface area contributed by atoms with Crippen LogP contribution in [0.4, 0.5) is 11.5 Å². The van der Waals surface area contributed by atoms with Crippen molar-refractivity contribution in [3.05, 3.63) is 27.9 Å². The molecule has 0 saturated carbocycles. The summed E-state index contributed by atoms with van der Waals surface area (Å²) in [6, 6.07) is 1.22. The topological polar surface area (TPSA) is 105 Å². The maximum atomic E-state index is 11.0. The molecular formula is C12H15N3O4S. The molecule has 1 unspecified atom stereocenters. The maximum Gasteiger partial charge on any atom is 0.342 e. The minimum Gasteiger partial charge on any atom is -0.477 e. The molecule has 1 fully saturated rings. The van der Waals surface area contributed by atoms with Crippen molar-refractivity contribution < 1.29 is 14.8 Å². The Morgan fingerprint density at radius 2 is 2.40 bits per heavy atom. The third-order valence-corrected chi connectivity index (χ3v) is 4.49. The molecule has 0 aromatic carbocycles. The van der Waals surface area contributed by atoms with Gasteiger partial charge in [0.2, 0.25) is 0 Å². The first kappa shape index (κ1) is 14.6. The van der Waals surface area contributed by atoms with Crippen LogP contribution in [0.1, 0.15) is 29.6 Å². The number of carbonyl (C=O) groups is 1. The van der Waals surface area contributed by atoms with E-state index in [1.54, 1.807) is 0 Å². The average molecular weight is 297 g/mol. The minimum atomic E-state index is -1.32. The third kappa shape index (κ3) is 3.60. The molecular weight excluding hydrogens is 282 g/mol. The molecule has 20 heavy (non-hydrogen) atoms. The summed E-state index contributed by atoms with van der Waals surface area (Å²) < 4.78 is 0. The number of nitro groups is 1. The molecule has 0 aliphatic carbocycles. The van der Waals surface area contributed by atoms with Crippen molar-refractivity contribution in [2.24, 2.45) is 0 Å².